The van der Waals surface area contributed by atoms with Gasteiger partial charge in [0.25, 0.3) is 0 Å². The molecule has 1 saturated carbocycles. The molecule has 0 spiro atoms. The molecule has 2 rings (SSSR count). The van der Waals surface area contributed by atoms with Crippen molar-refractivity contribution in [3.63, 3.8) is 0 Å². The summed E-state index contributed by atoms with van der Waals surface area (Å²) in [4.78, 5) is 26.8. The predicted molar refractivity (Wildman–Crippen MR) is 93.5 cm³/mol. The summed E-state index contributed by atoms with van der Waals surface area (Å²) in [5.74, 6) is -0.274. The molecule has 1 aliphatic carbocycles. The molecule has 1 fully saturated rings. The normalized spacial score (nSPS) is 14.9. The van der Waals surface area contributed by atoms with Crippen molar-refractivity contribution in [1.82, 2.24) is 15.5 Å². The molecule has 1 aliphatic rings. The fourth-order valence-electron chi connectivity index (χ4n) is 2.80. The van der Waals surface area contributed by atoms with E-state index in [1.165, 1.54) is 4.90 Å². The van der Waals surface area contributed by atoms with Gasteiger partial charge in [-0.05, 0) is 43.8 Å². The van der Waals surface area contributed by atoms with E-state index in [-0.39, 0.29) is 24.5 Å². The lowest BCUT2D eigenvalue weighted by Gasteiger charge is -2.17. The molecule has 6 heteroatoms. The predicted octanol–water partition coefficient (Wildman–Crippen LogP) is 2.61. The number of hydrogen-bond donors (Lipinski definition) is 2. The van der Waals surface area contributed by atoms with E-state index in [1.54, 1.807) is 11.8 Å². The summed E-state index contributed by atoms with van der Waals surface area (Å²) < 4.78 is 0. The maximum absolute atomic E-state index is 11.9. The zero-order chi connectivity index (χ0) is 16.7. The highest BCUT2D eigenvalue weighted by Crippen LogP contribution is 2.17. The molecular weight excluding hydrogens is 310 g/mol. The Morgan fingerprint density at radius 2 is 1.87 bits per heavy atom. The summed E-state index contributed by atoms with van der Waals surface area (Å²) in [6, 6.07) is 8.11. The molecule has 0 saturated heterocycles. The average Bonchev–Trinajstić information content (AvgIpc) is 3.00. The van der Waals surface area contributed by atoms with Gasteiger partial charge in [-0.3, -0.25) is 15.0 Å². The number of hydrogen-bond acceptors (Lipinski definition) is 4. The summed E-state index contributed by atoms with van der Waals surface area (Å²) in [7, 11) is 1.87. The number of carbonyl (C=O) groups is 2. The van der Waals surface area contributed by atoms with Crippen molar-refractivity contribution in [3.8, 4) is 0 Å². The highest BCUT2D eigenvalue weighted by Gasteiger charge is 2.18. The van der Waals surface area contributed by atoms with Crippen molar-refractivity contribution in [3.05, 3.63) is 29.8 Å². The van der Waals surface area contributed by atoms with E-state index in [0.717, 1.165) is 31.2 Å². The van der Waals surface area contributed by atoms with Crippen LogP contribution in [0.2, 0.25) is 0 Å². The van der Waals surface area contributed by atoms with Crippen LogP contribution < -0.4 is 10.6 Å². The lowest BCUT2D eigenvalue weighted by molar-refractivity contribution is -0.121. The molecule has 0 radical (unpaired) electrons. The van der Waals surface area contributed by atoms with E-state index in [0.29, 0.717) is 6.54 Å². The summed E-state index contributed by atoms with van der Waals surface area (Å²) in [6.45, 7) is 0.870. The third kappa shape index (κ3) is 6.23. The molecule has 1 aromatic carbocycles. The van der Waals surface area contributed by atoms with E-state index in [1.807, 2.05) is 18.2 Å². The van der Waals surface area contributed by atoms with Crippen molar-refractivity contribution < 1.29 is 9.59 Å². The highest BCUT2D eigenvalue weighted by atomic mass is 32.2. The third-order valence-electron chi connectivity index (χ3n) is 3.97. The van der Waals surface area contributed by atoms with Crippen molar-refractivity contribution >= 4 is 23.7 Å². The van der Waals surface area contributed by atoms with Gasteiger partial charge in [-0.2, -0.15) is 0 Å². The minimum absolute atomic E-state index is 0.197. The molecule has 2 N–H and O–H groups in total. The zero-order valence-corrected chi connectivity index (χ0v) is 14.6. The molecule has 0 heterocycles. The monoisotopic (exact) mass is 335 g/mol. The van der Waals surface area contributed by atoms with Crippen LogP contribution in [-0.4, -0.2) is 42.7 Å². The van der Waals surface area contributed by atoms with E-state index in [2.05, 4.69) is 34.9 Å². The summed E-state index contributed by atoms with van der Waals surface area (Å²) in [5.41, 5.74) is 1.15. The van der Waals surface area contributed by atoms with E-state index < -0.39 is 0 Å². The molecule has 3 amide bonds. The number of thioether (sulfide) groups is 1. The summed E-state index contributed by atoms with van der Waals surface area (Å²) >= 11 is 1.70. The number of likely N-dealkylation sites (N-methyl/N-ethyl adjacent to an activating group) is 1. The second-order valence-electron chi connectivity index (χ2n) is 6.02. The maximum Gasteiger partial charge on any atom is 0.321 e. The molecule has 0 unspecified atom stereocenters. The van der Waals surface area contributed by atoms with Gasteiger partial charge in [0.1, 0.15) is 0 Å². The lowest BCUT2D eigenvalue weighted by Crippen LogP contribution is -2.46. The van der Waals surface area contributed by atoms with Gasteiger partial charge < -0.3 is 5.32 Å². The van der Waals surface area contributed by atoms with Crippen LogP contribution >= 0.6 is 11.8 Å². The largest absolute Gasteiger partial charge is 0.335 e. The SMILES string of the molecule is CSc1ccc(CN(C)CC(=O)NC(=O)NC2CCCC2)cc1. The highest BCUT2D eigenvalue weighted by molar-refractivity contribution is 7.98. The Bertz CT molecular complexity index is 527. The van der Waals surface area contributed by atoms with Crippen molar-refractivity contribution in [2.75, 3.05) is 19.8 Å². The first-order valence-electron chi connectivity index (χ1n) is 7.98. The fraction of sp³-hybridized carbons (Fsp3) is 0.529. The smallest absolute Gasteiger partial charge is 0.321 e. The Kier molecular flexibility index (Phi) is 6.92. The molecule has 5 nitrogen and oxygen atoms in total. The van der Waals surface area contributed by atoms with Crippen LogP contribution in [0, 0.1) is 0 Å². The van der Waals surface area contributed by atoms with Crippen LogP contribution in [0.25, 0.3) is 0 Å². The summed E-state index contributed by atoms with van der Waals surface area (Å²) in [6.07, 6.45) is 6.36. The molecule has 0 bridgehead atoms. The van der Waals surface area contributed by atoms with Gasteiger partial charge in [0.15, 0.2) is 0 Å². The molecule has 126 valence electrons. The van der Waals surface area contributed by atoms with Gasteiger partial charge in [-0.25, -0.2) is 4.79 Å². The van der Waals surface area contributed by atoms with Gasteiger partial charge in [0.2, 0.25) is 5.91 Å². The van der Waals surface area contributed by atoms with Gasteiger partial charge in [-0.15, -0.1) is 11.8 Å². The van der Waals surface area contributed by atoms with Crippen LogP contribution in [0.1, 0.15) is 31.2 Å². The first-order valence-corrected chi connectivity index (χ1v) is 9.21. The average molecular weight is 335 g/mol. The number of imide groups is 1. The number of nitrogens with zero attached hydrogens (tertiary/aromatic N) is 1. The Morgan fingerprint density at radius 1 is 1.22 bits per heavy atom. The second-order valence-corrected chi connectivity index (χ2v) is 6.90. The number of benzene rings is 1. The standard InChI is InChI=1S/C17H25N3O2S/c1-20(11-13-7-9-15(23-2)10-8-13)12-16(21)19-17(22)18-14-5-3-4-6-14/h7-10,14H,3-6,11-12H2,1-2H3,(H2,18,19,21,22). The number of amides is 3. The van der Waals surface area contributed by atoms with Crippen LogP contribution in [0.15, 0.2) is 29.2 Å². The Balaban J connectivity index is 1.71. The number of rotatable bonds is 6. The minimum Gasteiger partial charge on any atom is -0.335 e. The first kappa shape index (κ1) is 17.8. The molecule has 0 aromatic heterocycles. The summed E-state index contributed by atoms with van der Waals surface area (Å²) in [5, 5.41) is 5.26. The van der Waals surface area contributed by atoms with Gasteiger partial charge in [0.05, 0.1) is 6.54 Å². The first-order chi connectivity index (χ1) is 11.1. The van der Waals surface area contributed by atoms with E-state index >= 15 is 0 Å². The lowest BCUT2D eigenvalue weighted by atomic mass is 10.2. The topological polar surface area (TPSA) is 61.4 Å². The van der Waals surface area contributed by atoms with Crippen molar-refractivity contribution in [2.45, 2.75) is 43.2 Å². The maximum atomic E-state index is 11.9. The van der Waals surface area contributed by atoms with Crippen LogP contribution in [0.3, 0.4) is 0 Å². The molecule has 1 aromatic rings. The van der Waals surface area contributed by atoms with Crippen molar-refractivity contribution in [2.24, 2.45) is 0 Å². The van der Waals surface area contributed by atoms with Crippen molar-refractivity contribution in [1.29, 1.82) is 0 Å². The zero-order valence-electron chi connectivity index (χ0n) is 13.8. The Labute approximate surface area is 142 Å². The fourth-order valence-corrected chi connectivity index (χ4v) is 3.21. The number of urea groups is 1. The van der Waals surface area contributed by atoms with E-state index in [9.17, 15) is 9.59 Å². The van der Waals surface area contributed by atoms with Crippen LogP contribution in [0.4, 0.5) is 4.79 Å². The quantitative estimate of drug-likeness (QED) is 0.785. The Morgan fingerprint density at radius 3 is 2.48 bits per heavy atom. The van der Waals surface area contributed by atoms with Crippen LogP contribution in [0.5, 0.6) is 0 Å². The molecule has 0 atom stereocenters. The van der Waals surface area contributed by atoms with Crippen LogP contribution in [-0.2, 0) is 11.3 Å². The molecule has 23 heavy (non-hydrogen) atoms. The Hall–Kier alpha value is -1.53. The molecular formula is C17H25N3O2S. The van der Waals surface area contributed by atoms with E-state index in [4.69, 9.17) is 0 Å². The van der Waals surface area contributed by atoms with Gasteiger partial charge in [0, 0.05) is 17.5 Å². The van der Waals surface area contributed by atoms with Gasteiger partial charge >= 0.3 is 6.03 Å². The molecule has 0 aliphatic heterocycles. The van der Waals surface area contributed by atoms with Gasteiger partial charge in [-0.1, -0.05) is 25.0 Å². The number of carbonyl (C=O) groups excluding carboxylic acids is 2. The third-order valence-corrected chi connectivity index (χ3v) is 4.71. The minimum atomic E-state index is -0.375. The number of nitrogens with one attached hydrogen (secondary N) is 2. The second kappa shape index (κ2) is 8.93.